The molecule has 104 valence electrons. The van der Waals surface area contributed by atoms with E-state index in [4.69, 9.17) is 23.2 Å². The van der Waals surface area contributed by atoms with Gasteiger partial charge >= 0.3 is 0 Å². The molecule has 1 N–H and O–H groups in total. The van der Waals surface area contributed by atoms with E-state index < -0.39 is 0 Å². The number of hydrogen-bond donors (Lipinski definition) is 1. The zero-order valence-corrected chi connectivity index (χ0v) is 12.3. The summed E-state index contributed by atoms with van der Waals surface area (Å²) in [7, 11) is 0. The lowest BCUT2D eigenvalue weighted by molar-refractivity contribution is 1.19. The van der Waals surface area contributed by atoms with E-state index in [1.807, 2.05) is 36.4 Å². The van der Waals surface area contributed by atoms with Gasteiger partial charge in [-0.3, -0.25) is 4.79 Å². The van der Waals surface area contributed by atoms with E-state index in [1.54, 1.807) is 18.2 Å². The molecule has 3 nitrogen and oxygen atoms in total. The van der Waals surface area contributed by atoms with Crippen molar-refractivity contribution in [1.82, 2.24) is 9.97 Å². The highest BCUT2D eigenvalue weighted by Gasteiger charge is 2.05. The van der Waals surface area contributed by atoms with Crippen LogP contribution in [-0.2, 0) is 0 Å². The Morgan fingerprint density at radius 3 is 2.48 bits per heavy atom. The summed E-state index contributed by atoms with van der Waals surface area (Å²) in [6.45, 7) is 0. The van der Waals surface area contributed by atoms with Crippen LogP contribution in [-0.4, -0.2) is 9.97 Å². The molecule has 0 unspecified atom stereocenters. The van der Waals surface area contributed by atoms with Gasteiger partial charge in [0.25, 0.3) is 5.56 Å². The van der Waals surface area contributed by atoms with Crippen LogP contribution in [0.15, 0.2) is 47.3 Å². The summed E-state index contributed by atoms with van der Waals surface area (Å²) in [6, 6.07) is 12.9. The first-order valence-corrected chi connectivity index (χ1v) is 7.01. The van der Waals surface area contributed by atoms with Crippen molar-refractivity contribution in [3.8, 4) is 0 Å². The van der Waals surface area contributed by atoms with Crippen molar-refractivity contribution in [3.63, 3.8) is 0 Å². The molecule has 2 aromatic carbocycles. The van der Waals surface area contributed by atoms with E-state index in [2.05, 4.69) is 9.97 Å². The topological polar surface area (TPSA) is 45.8 Å². The summed E-state index contributed by atoms with van der Waals surface area (Å²) in [5.74, 6) is 0. The van der Waals surface area contributed by atoms with Gasteiger partial charge in [-0.15, -0.1) is 0 Å². The van der Waals surface area contributed by atoms with E-state index in [0.29, 0.717) is 26.8 Å². The second-order valence-corrected chi connectivity index (χ2v) is 5.29. The molecule has 0 aliphatic rings. The first kappa shape index (κ1) is 13.9. The van der Waals surface area contributed by atoms with Crippen LogP contribution in [0.1, 0.15) is 11.3 Å². The number of rotatable bonds is 2. The van der Waals surface area contributed by atoms with Gasteiger partial charge in [0.15, 0.2) is 0 Å². The summed E-state index contributed by atoms with van der Waals surface area (Å²) in [4.78, 5) is 19.1. The summed E-state index contributed by atoms with van der Waals surface area (Å²) in [5, 5.41) is 0.788. The summed E-state index contributed by atoms with van der Waals surface area (Å²) in [6.07, 6.45) is 3.51. The Morgan fingerprint density at radius 2 is 1.71 bits per heavy atom. The first-order chi connectivity index (χ1) is 10.1. The highest BCUT2D eigenvalue weighted by Crippen LogP contribution is 2.25. The molecule has 0 saturated carbocycles. The number of H-pyrrole nitrogens is 1. The van der Waals surface area contributed by atoms with Crippen molar-refractivity contribution in [2.24, 2.45) is 0 Å². The van der Waals surface area contributed by atoms with Gasteiger partial charge in [0.1, 0.15) is 5.69 Å². The molecule has 0 radical (unpaired) electrons. The molecule has 0 saturated heterocycles. The van der Waals surface area contributed by atoms with E-state index >= 15 is 0 Å². The van der Waals surface area contributed by atoms with E-state index in [1.165, 1.54) is 0 Å². The van der Waals surface area contributed by atoms with Gasteiger partial charge in [-0.25, -0.2) is 4.98 Å². The van der Waals surface area contributed by atoms with Crippen molar-refractivity contribution < 1.29 is 0 Å². The van der Waals surface area contributed by atoms with Gasteiger partial charge in [0, 0.05) is 0 Å². The van der Waals surface area contributed by atoms with Crippen molar-refractivity contribution in [2.75, 3.05) is 0 Å². The molecule has 0 spiro atoms. The predicted octanol–water partition coefficient (Wildman–Crippen LogP) is 4.40. The van der Waals surface area contributed by atoms with Crippen molar-refractivity contribution in [2.45, 2.75) is 0 Å². The first-order valence-electron chi connectivity index (χ1n) is 6.26. The molecule has 0 atom stereocenters. The Bertz CT molecular complexity index is 886. The largest absolute Gasteiger partial charge is 0.319 e. The Labute approximate surface area is 130 Å². The number of nitrogens with zero attached hydrogens (tertiary/aromatic N) is 1. The number of aromatic amines is 1. The number of aromatic nitrogens is 2. The lowest BCUT2D eigenvalue weighted by atomic mass is 10.2. The third kappa shape index (κ3) is 2.99. The molecule has 21 heavy (non-hydrogen) atoms. The average molecular weight is 317 g/mol. The molecule has 3 rings (SSSR count). The maximum Gasteiger partial charge on any atom is 0.274 e. The lowest BCUT2D eigenvalue weighted by Crippen LogP contribution is -2.11. The average Bonchev–Trinajstić information content (AvgIpc) is 2.48. The van der Waals surface area contributed by atoms with E-state index in [-0.39, 0.29) is 5.56 Å². The maximum absolute atomic E-state index is 12.0. The Hall–Kier alpha value is -2.10. The van der Waals surface area contributed by atoms with Crippen LogP contribution >= 0.6 is 23.2 Å². The molecule has 1 heterocycles. The van der Waals surface area contributed by atoms with Crippen LogP contribution in [0, 0.1) is 0 Å². The van der Waals surface area contributed by atoms with Gasteiger partial charge in [0.05, 0.1) is 21.1 Å². The Balaban J connectivity index is 2.07. The van der Waals surface area contributed by atoms with Crippen LogP contribution in [0.4, 0.5) is 0 Å². The van der Waals surface area contributed by atoms with E-state index in [0.717, 1.165) is 5.56 Å². The van der Waals surface area contributed by atoms with Crippen LogP contribution in [0.25, 0.3) is 23.2 Å². The molecule has 0 bridgehead atoms. The number of nitrogens with one attached hydrogen (secondary N) is 1. The van der Waals surface area contributed by atoms with Gasteiger partial charge in [0.2, 0.25) is 0 Å². The zero-order valence-electron chi connectivity index (χ0n) is 10.8. The van der Waals surface area contributed by atoms with Gasteiger partial charge in [-0.1, -0.05) is 59.6 Å². The van der Waals surface area contributed by atoms with Gasteiger partial charge < -0.3 is 4.98 Å². The summed E-state index contributed by atoms with van der Waals surface area (Å²) in [5.41, 5.74) is 2.20. The second kappa shape index (κ2) is 5.72. The molecule has 0 amide bonds. The third-order valence-corrected chi connectivity index (χ3v) is 3.72. The maximum atomic E-state index is 12.0. The van der Waals surface area contributed by atoms with Gasteiger partial charge in [-0.05, 0) is 23.8 Å². The minimum absolute atomic E-state index is 0.270. The highest BCUT2D eigenvalue weighted by molar-refractivity contribution is 6.42. The van der Waals surface area contributed by atoms with Crippen LogP contribution in [0.3, 0.4) is 0 Å². The normalized spacial score (nSPS) is 11.3. The predicted molar refractivity (Wildman–Crippen MR) is 87.8 cm³/mol. The van der Waals surface area contributed by atoms with Crippen molar-refractivity contribution in [1.29, 1.82) is 0 Å². The molecule has 3 aromatic rings. The smallest absolute Gasteiger partial charge is 0.274 e. The fourth-order valence-corrected chi connectivity index (χ4v) is 2.27. The molecule has 0 fully saturated rings. The standard InChI is InChI=1S/C16H10Cl2N2O/c17-11-8-14-15(9-12(11)18)20-16(21)13(19-14)7-6-10-4-2-1-3-5-10/h1-9H,(H,20,21). The van der Waals surface area contributed by atoms with Crippen LogP contribution in [0.2, 0.25) is 10.0 Å². The number of halogens is 2. The summed E-state index contributed by atoms with van der Waals surface area (Å²) < 4.78 is 0. The fourth-order valence-electron chi connectivity index (χ4n) is 1.95. The van der Waals surface area contributed by atoms with Crippen LogP contribution < -0.4 is 5.56 Å². The van der Waals surface area contributed by atoms with Crippen LogP contribution in [0.5, 0.6) is 0 Å². The van der Waals surface area contributed by atoms with Crippen molar-refractivity contribution in [3.05, 3.63) is 74.1 Å². The second-order valence-electron chi connectivity index (χ2n) is 4.48. The van der Waals surface area contributed by atoms with E-state index in [9.17, 15) is 4.79 Å². The lowest BCUT2D eigenvalue weighted by Gasteiger charge is -2.01. The molecular weight excluding hydrogens is 307 g/mol. The molecule has 1 aromatic heterocycles. The number of fused-ring (bicyclic) bond motifs is 1. The Kier molecular flexibility index (Phi) is 3.78. The minimum atomic E-state index is -0.270. The zero-order chi connectivity index (χ0) is 14.8. The molecule has 5 heteroatoms. The molecule has 0 aliphatic carbocycles. The quantitative estimate of drug-likeness (QED) is 0.761. The summed E-state index contributed by atoms with van der Waals surface area (Å²) >= 11 is 11.9. The molecular formula is C16H10Cl2N2O. The molecule has 0 aliphatic heterocycles. The number of hydrogen-bond acceptors (Lipinski definition) is 2. The monoisotopic (exact) mass is 316 g/mol. The third-order valence-electron chi connectivity index (χ3n) is 2.99. The SMILES string of the molecule is O=c1[nH]c2cc(Cl)c(Cl)cc2nc1C=Cc1ccccc1. The minimum Gasteiger partial charge on any atom is -0.319 e. The highest BCUT2D eigenvalue weighted by atomic mass is 35.5. The van der Waals surface area contributed by atoms with Gasteiger partial charge in [-0.2, -0.15) is 0 Å². The fraction of sp³-hybridized carbons (Fsp3) is 0. The Morgan fingerprint density at radius 1 is 1.00 bits per heavy atom. The van der Waals surface area contributed by atoms with Crippen molar-refractivity contribution >= 4 is 46.4 Å². The number of benzene rings is 2.